The molecule has 206 valence electrons. The summed E-state index contributed by atoms with van der Waals surface area (Å²) in [5.41, 5.74) is 1.19. The third kappa shape index (κ3) is 14.3. The first-order chi connectivity index (χ1) is 18.1. The van der Waals surface area contributed by atoms with E-state index in [0.717, 1.165) is 25.1 Å². The fourth-order valence-corrected chi connectivity index (χ4v) is 4.45. The number of ether oxygens (including phenoxy) is 2. The van der Waals surface area contributed by atoms with Crippen molar-refractivity contribution in [1.82, 2.24) is 5.32 Å². The molecule has 0 spiro atoms. The molecule has 5 nitrogen and oxygen atoms in total. The molecule has 0 atom stereocenters. The molecular weight excluding hydrogens is 484 g/mol. The number of nitrogens with one attached hydrogen (secondary N) is 1. The summed E-state index contributed by atoms with van der Waals surface area (Å²) >= 11 is 6.34. The van der Waals surface area contributed by atoms with Crippen LogP contribution in [0.1, 0.15) is 96.5 Å². The Morgan fingerprint density at radius 2 is 1.46 bits per heavy atom. The maximum atomic E-state index is 12.1. The molecule has 0 saturated carbocycles. The molecule has 2 aromatic rings. The number of nitrogens with zero attached hydrogens (tertiary/aromatic N) is 1. The van der Waals surface area contributed by atoms with Gasteiger partial charge in [-0.05, 0) is 37.5 Å². The molecule has 0 bridgehead atoms. The number of pyridine rings is 1. The van der Waals surface area contributed by atoms with E-state index in [-0.39, 0.29) is 12.5 Å². The Morgan fingerprint density at radius 3 is 2.05 bits per heavy atom. The summed E-state index contributed by atoms with van der Waals surface area (Å²) in [6, 6.07) is 9.52. The Labute approximate surface area is 229 Å². The van der Waals surface area contributed by atoms with Crippen molar-refractivity contribution < 1.29 is 18.8 Å². The van der Waals surface area contributed by atoms with Crippen molar-refractivity contribution in [3.8, 4) is 11.5 Å². The predicted molar refractivity (Wildman–Crippen MR) is 153 cm³/mol. The molecule has 0 aliphatic rings. The average Bonchev–Trinajstić information content (AvgIpc) is 2.91. The first kappa shape index (κ1) is 31.0. The fourth-order valence-electron chi connectivity index (χ4n) is 4.23. The Balaban J connectivity index is 1.50. The number of carbonyl (C=O) groups excluding carboxylic acids is 1. The van der Waals surface area contributed by atoms with Crippen molar-refractivity contribution in [1.29, 1.82) is 0 Å². The van der Waals surface area contributed by atoms with E-state index in [1.165, 1.54) is 76.2 Å². The van der Waals surface area contributed by atoms with Crippen LogP contribution in [0.3, 0.4) is 0 Å². The summed E-state index contributed by atoms with van der Waals surface area (Å²) in [6.45, 7) is 6.51. The molecule has 0 saturated heterocycles. The minimum Gasteiger partial charge on any atom is -0.494 e. The molecule has 37 heavy (non-hydrogen) atoms. The third-order valence-electron chi connectivity index (χ3n) is 6.59. The van der Waals surface area contributed by atoms with E-state index in [2.05, 4.69) is 35.9 Å². The zero-order valence-electron chi connectivity index (χ0n) is 23.1. The van der Waals surface area contributed by atoms with Crippen LogP contribution < -0.4 is 19.4 Å². The van der Waals surface area contributed by atoms with Gasteiger partial charge in [0.2, 0.25) is 0 Å². The number of halogens is 1. The van der Waals surface area contributed by atoms with Gasteiger partial charge in [0.25, 0.3) is 5.91 Å². The van der Waals surface area contributed by atoms with E-state index in [9.17, 15) is 4.79 Å². The van der Waals surface area contributed by atoms with Gasteiger partial charge in [-0.2, -0.15) is 0 Å². The average molecular weight is 532 g/mol. The lowest BCUT2D eigenvalue weighted by Gasteiger charge is -2.11. The molecule has 1 aromatic carbocycles. The third-order valence-corrected chi connectivity index (χ3v) is 6.89. The summed E-state index contributed by atoms with van der Waals surface area (Å²) in [5.74, 6) is 1.06. The SMILES string of the molecule is CCCCCCCCCCCCCCOc1ccc(OCC(=O)NCCc2cc[n+](CC)cc2)c(Cl)c1. The van der Waals surface area contributed by atoms with Gasteiger partial charge in [0.05, 0.1) is 11.6 Å². The van der Waals surface area contributed by atoms with Gasteiger partial charge >= 0.3 is 0 Å². The van der Waals surface area contributed by atoms with Crippen molar-refractivity contribution in [3.05, 3.63) is 53.3 Å². The van der Waals surface area contributed by atoms with Gasteiger partial charge < -0.3 is 14.8 Å². The molecular formula is C31H48ClN2O3+. The molecule has 6 heteroatoms. The van der Waals surface area contributed by atoms with Crippen molar-refractivity contribution in [3.63, 3.8) is 0 Å². The van der Waals surface area contributed by atoms with Crippen LogP contribution in [0, 0.1) is 0 Å². The zero-order chi connectivity index (χ0) is 26.6. The zero-order valence-corrected chi connectivity index (χ0v) is 23.9. The monoisotopic (exact) mass is 531 g/mol. The highest BCUT2D eigenvalue weighted by Gasteiger charge is 2.08. The second-order valence-corrected chi connectivity index (χ2v) is 10.2. The number of rotatable bonds is 21. The van der Waals surface area contributed by atoms with E-state index >= 15 is 0 Å². The van der Waals surface area contributed by atoms with Crippen LogP contribution >= 0.6 is 11.6 Å². The van der Waals surface area contributed by atoms with Crippen molar-refractivity contribution in [2.45, 2.75) is 104 Å². The Morgan fingerprint density at radius 1 is 0.838 bits per heavy atom. The topological polar surface area (TPSA) is 51.4 Å². The Kier molecular flexibility index (Phi) is 16.6. The molecule has 0 aliphatic heterocycles. The van der Waals surface area contributed by atoms with E-state index in [1.807, 2.05) is 18.5 Å². The number of amides is 1. The van der Waals surface area contributed by atoms with Crippen LogP contribution in [0.25, 0.3) is 0 Å². The Bertz CT molecular complexity index is 873. The van der Waals surface area contributed by atoms with E-state index < -0.39 is 0 Å². The van der Waals surface area contributed by atoms with Gasteiger partial charge in [-0.3, -0.25) is 4.79 Å². The minimum atomic E-state index is -0.164. The number of hydrogen-bond donors (Lipinski definition) is 1. The van der Waals surface area contributed by atoms with Gasteiger partial charge in [0, 0.05) is 24.7 Å². The van der Waals surface area contributed by atoms with E-state index in [4.69, 9.17) is 21.1 Å². The molecule has 1 amide bonds. The highest BCUT2D eigenvalue weighted by molar-refractivity contribution is 6.32. The van der Waals surface area contributed by atoms with E-state index in [1.54, 1.807) is 12.1 Å². The highest BCUT2D eigenvalue weighted by atomic mass is 35.5. The lowest BCUT2D eigenvalue weighted by atomic mass is 10.1. The van der Waals surface area contributed by atoms with Gasteiger partial charge in [-0.25, -0.2) is 4.57 Å². The molecule has 1 heterocycles. The van der Waals surface area contributed by atoms with Crippen molar-refractivity contribution in [2.24, 2.45) is 0 Å². The Hall–Kier alpha value is -2.27. The number of unbranched alkanes of at least 4 members (excludes halogenated alkanes) is 11. The standard InChI is InChI=1S/C31H47ClN2O3/c1-3-5-6-7-8-9-10-11-12-13-14-15-24-36-28-16-17-30(29(32)25-28)37-26-31(35)33-21-18-27-19-22-34(4-2)23-20-27/h16-17,19-20,22-23,25H,3-15,18,21,24,26H2,1-2H3/p+1. The smallest absolute Gasteiger partial charge is 0.257 e. The van der Waals surface area contributed by atoms with Crippen LogP contribution in [-0.4, -0.2) is 25.7 Å². The number of aromatic nitrogens is 1. The summed E-state index contributed by atoms with van der Waals surface area (Å²) < 4.78 is 13.6. The van der Waals surface area contributed by atoms with Crippen LogP contribution in [0.5, 0.6) is 11.5 Å². The summed E-state index contributed by atoms with van der Waals surface area (Å²) in [5, 5.41) is 3.34. The molecule has 1 N–H and O–H groups in total. The normalized spacial score (nSPS) is 10.9. The molecule has 1 aromatic heterocycles. The minimum absolute atomic E-state index is 0.0661. The van der Waals surface area contributed by atoms with Crippen molar-refractivity contribution >= 4 is 17.5 Å². The number of carbonyl (C=O) groups is 1. The first-order valence-electron chi connectivity index (χ1n) is 14.4. The number of benzene rings is 1. The summed E-state index contributed by atoms with van der Waals surface area (Å²) in [7, 11) is 0. The molecule has 0 unspecified atom stereocenters. The quantitative estimate of drug-likeness (QED) is 0.134. The first-order valence-corrected chi connectivity index (χ1v) is 14.8. The highest BCUT2D eigenvalue weighted by Crippen LogP contribution is 2.29. The van der Waals surface area contributed by atoms with Crippen LogP contribution in [-0.2, 0) is 17.8 Å². The second-order valence-electron chi connectivity index (χ2n) is 9.76. The van der Waals surface area contributed by atoms with Gasteiger partial charge in [-0.15, -0.1) is 0 Å². The second kappa shape index (κ2) is 19.8. The predicted octanol–water partition coefficient (Wildman–Crippen LogP) is 7.47. The molecule has 2 rings (SSSR count). The largest absolute Gasteiger partial charge is 0.494 e. The maximum Gasteiger partial charge on any atom is 0.257 e. The van der Waals surface area contributed by atoms with Gasteiger partial charge in [0.15, 0.2) is 19.0 Å². The molecule has 0 aliphatic carbocycles. The van der Waals surface area contributed by atoms with Crippen LogP contribution in [0.15, 0.2) is 42.7 Å². The fraction of sp³-hybridized carbons (Fsp3) is 0.613. The molecule has 0 radical (unpaired) electrons. The lowest BCUT2D eigenvalue weighted by molar-refractivity contribution is -0.693. The van der Waals surface area contributed by atoms with Crippen LogP contribution in [0.4, 0.5) is 0 Å². The summed E-state index contributed by atoms with van der Waals surface area (Å²) in [4.78, 5) is 12.1. The van der Waals surface area contributed by atoms with Gasteiger partial charge in [-0.1, -0.05) is 89.2 Å². The van der Waals surface area contributed by atoms with Crippen molar-refractivity contribution in [2.75, 3.05) is 19.8 Å². The summed E-state index contributed by atoms with van der Waals surface area (Å²) in [6.07, 6.45) is 20.8. The number of aryl methyl sites for hydroxylation is 1. The lowest BCUT2D eigenvalue weighted by Crippen LogP contribution is -2.32. The molecule has 0 fully saturated rings. The maximum absolute atomic E-state index is 12.1. The van der Waals surface area contributed by atoms with E-state index in [0.29, 0.717) is 23.9 Å². The number of hydrogen-bond acceptors (Lipinski definition) is 3. The van der Waals surface area contributed by atoms with Gasteiger partial charge in [0.1, 0.15) is 18.0 Å². The van der Waals surface area contributed by atoms with Crippen LogP contribution in [0.2, 0.25) is 5.02 Å².